The molecule has 0 bridgehead atoms. The summed E-state index contributed by atoms with van der Waals surface area (Å²) in [6, 6.07) is 0. The highest BCUT2D eigenvalue weighted by molar-refractivity contribution is 5.28. The first-order valence-electron chi connectivity index (χ1n) is 4.63. The van der Waals surface area contributed by atoms with Crippen molar-refractivity contribution in [3.05, 3.63) is 18.2 Å². The highest BCUT2D eigenvalue weighted by Gasteiger charge is 2.27. The first-order chi connectivity index (χ1) is 7.15. The molecule has 0 spiro atoms. The van der Waals surface area contributed by atoms with Gasteiger partial charge in [0, 0.05) is 0 Å². The Labute approximate surface area is 87.0 Å². The van der Waals surface area contributed by atoms with E-state index < -0.39 is 11.4 Å². The molecule has 3 N–H and O–H groups in total. The van der Waals surface area contributed by atoms with Crippen molar-refractivity contribution in [2.24, 2.45) is 0 Å². The minimum absolute atomic E-state index is 0.182. The maximum atomic E-state index is 12.5. The fraction of sp³-hybridized carbons (Fsp3) is 0.556. The van der Waals surface area contributed by atoms with E-state index in [9.17, 15) is 4.39 Å². The van der Waals surface area contributed by atoms with E-state index in [1.54, 1.807) is 0 Å². The third-order valence-electron chi connectivity index (χ3n) is 2.28. The number of nitrogens with one attached hydrogen (secondary N) is 1. The third-order valence-corrected chi connectivity index (χ3v) is 2.28. The second-order valence-electron chi connectivity index (χ2n) is 3.30. The van der Waals surface area contributed by atoms with Gasteiger partial charge in [-0.25, -0.2) is 14.4 Å². The van der Waals surface area contributed by atoms with Crippen LogP contribution in [0.3, 0.4) is 0 Å². The van der Waals surface area contributed by atoms with Crippen LogP contribution in [0.5, 0.6) is 0 Å². The van der Waals surface area contributed by atoms with E-state index >= 15 is 0 Å². The van der Waals surface area contributed by atoms with Gasteiger partial charge >= 0.3 is 0 Å². The van der Waals surface area contributed by atoms with Gasteiger partial charge in [-0.05, 0) is 6.42 Å². The number of aliphatic hydroxyl groups is 2. The minimum atomic E-state index is -0.863. The molecular formula is C9H14FN3O2. The van der Waals surface area contributed by atoms with Gasteiger partial charge in [-0.15, -0.1) is 0 Å². The van der Waals surface area contributed by atoms with Crippen molar-refractivity contribution in [2.45, 2.75) is 18.9 Å². The van der Waals surface area contributed by atoms with Crippen molar-refractivity contribution in [3.63, 3.8) is 0 Å². The fourth-order valence-electron chi connectivity index (χ4n) is 1.06. The fourth-order valence-corrected chi connectivity index (χ4v) is 1.06. The summed E-state index contributed by atoms with van der Waals surface area (Å²) < 4.78 is 12.5. The molecule has 0 radical (unpaired) electrons. The molecule has 0 saturated heterocycles. The van der Waals surface area contributed by atoms with Crippen LogP contribution in [0.1, 0.15) is 13.3 Å². The number of halogens is 1. The van der Waals surface area contributed by atoms with Crippen LogP contribution in [-0.2, 0) is 0 Å². The van der Waals surface area contributed by atoms with Gasteiger partial charge in [-0.1, -0.05) is 6.92 Å². The van der Waals surface area contributed by atoms with Crippen LogP contribution in [0.25, 0.3) is 0 Å². The molecule has 1 aromatic heterocycles. The Balaban J connectivity index is 2.78. The van der Waals surface area contributed by atoms with Crippen molar-refractivity contribution in [3.8, 4) is 0 Å². The van der Waals surface area contributed by atoms with Crippen molar-refractivity contribution in [1.82, 2.24) is 9.97 Å². The zero-order valence-corrected chi connectivity index (χ0v) is 8.44. The number of aromatic nitrogens is 2. The van der Waals surface area contributed by atoms with Crippen molar-refractivity contribution in [1.29, 1.82) is 0 Å². The molecule has 15 heavy (non-hydrogen) atoms. The zero-order valence-electron chi connectivity index (χ0n) is 8.44. The molecule has 1 rings (SSSR count). The SMILES string of the molecule is CCC(CO)(CO)Nc1ncc(F)cn1. The average Bonchev–Trinajstić information content (AvgIpc) is 2.29. The maximum absolute atomic E-state index is 12.5. The zero-order chi connectivity index (χ0) is 11.3. The Morgan fingerprint density at radius 1 is 1.33 bits per heavy atom. The lowest BCUT2D eigenvalue weighted by atomic mass is 9.99. The molecule has 6 heteroatoms. The Kier molecular flexibility index (Phi) is 3.93. The van der Waals surface area contributed by atoms with Gasteiger partial charge in [-0.2, -0.15) is 0 Å². The minimum Gasteiger partial charge on any atom is -0.394 e. The van der Waals surface area contributed by atoms with E-state index in [1.807, 2.05) is 6.92 Å². The quantitative estimate of drug-likeness (QED) is 0.652. The van der Waals surface area contributed by atoms with E-state index in [1.165, 1.54) is 0 Å². The standard InChI is InChI=1S/C9H14FN3O2/c1-2-9(5-14,6-15)13-8-11-3-7(10)4-12-8/h3-4,14-15H,2,5-6H2,1H3,(H,11,12,13). The summed E-state index contributed by atoms with van der Waals surface area (Å²) in [7, 11) is 0. The van der Waals surface area contributed by atoms with Crippen LogP contribution in [0.4, 0.5) is 10.3 Å². The topological polar surface area (TPSA) is 78.3 Å². The van der Waals surface area contributed by atoms with Gasteiger partial charge in [0.1, 0.15) is 0 Å². The lowest BCUT2D eigenvalue weighted by Crippen LogP contribution is -2.45. The summed E-state index contributed by atoms with van der Waals surface area (Å²) in [6.07, 6.45) is 2.54. The number of aliphatic hydroxyl groups excluding tert-OH is 2. The second kappa shape index (κ2) is 4.99. The Hall–Kier alpha value is -1.27. The number of rotatable bonds is 5. The average molecular weight is 215 g/mol. The van der Waals surface area contributed by atoms with Crippen LogP contribution < -0.4 is 5.32 Å². The molecule has 1 aromatic rings. The molecule has 0 unspecified atom stereocenters. The van der Waals surface area contributed by atoms with Gasteiger partial charge in [0.2, 0.25) is 5.95 Å². The normalized spacial score (nSPS) is 11.5. The van der Waals surface area contributed by atoms with E-state index in [-0.39, 0.29) is 19.2 Å². The van der Waals surface area contributed by atoms with Crippen molar-refractivity contribution < 1.29 is 14.6 Å². The summed E-state index contributed by atoms with van der Waals surface area (Å²) in [4.78, 5) is 7.38. The number of hydrogen-bond acceptors (Lipinski definition) is 5. The Morgan fingerprint density at radius 2 is 1.87 bits per heavy atom. The monoisotopic (exact) mass is 215 g/mol. The van der Waals surface area contributed by atoms with Gasteiger partial charge in [0.05, 0.1) is 31.1 Å². The molecule has 0 fully saturated rings. The number of hydrogen-bond donors (Lipinski definition) is 3. The maximum Gasteiger partial charge on any atom is 0.223 e. The molecule has 0 amide bonds. The predicted molar refractivity (Wildman–Crippen MR) is 52.8 cm³/mol. The van der Waals surface area contributed by atoms with Crippen molar-refractivity contribution >= 4 is 5.95 Å². The highest BCUT2D eigenvalue weighted by atomic mass is 19.1. The first-order valence-corrected chi connectivity index (χ1v) is 4.63. The molecule has 84 valence electrons. The third kappa shape index (κ3) is 2.84. The summed E-state index contributed by atoms with van der Waals surface area (Å²) in [6.45, 7) is 1.31. The lowest BCUT2D eigenvalue weighted by molar-refractivity contribution is 0.132. The number of nitrogens with zero attached hydrogens (tertiary/aromatic N) is 2. The van der Waals surface area contributed by atoms with Crippen LogP contribution in [-0.4, -0.2) is 38.9 Å². The molecule has 0 aliphatic carbocycles. The molecular weight excluding hydrogens is 201 g/mol. The molecule has 5 nitrogen and oxygen atoms in total. The molecule has 0 saturated carbocycles. The van der Waals surface area contributed by atoms with E-state index in [0.717, 1.165) is 12.4 Å². The number of anilines is 1. The highest BCUT2D eigenvalue weighted by Crippen LogP contribution is 2.14. The summed E-state index contributed by atoms with van der Waals surface area (Å²) in [5.74, 6) is -0.350. The largest absolute Gasteiger partial charge is 0.394 e. The first kappa shape index (κ1) is 11.8. The summed E-state index contributed by atoms with van der Waals surface area (Å²) in [5, 5.41) is 21.1. The smallest absolute Gasteiger partial charge is 0.223 e. The molecule has 0 aliphatic heterocycles. The lowest BCUT2D eigenvalue weighted by Gasteiger charge is -2.29. The molecule has 0 atom stereocenters. The molecule has 1 heterocycles. The summed E-state index contributed by atoms with van der Waals surface area (Å²) >= 11 is 0. The van der Waals surface area contributed by atoms with Crippen LogP contribution in [0.15, 0.2) is 12.4 Å². The van der Waals surface area contributed by atoms with E-state index in [2.05, 4.69) is 15.3 Å². The molecule has 0 aliphatic rings. The molecule has 0 aromatic carbocycles. The van der Waals surface area contributed by atoms with Crippen LogP contribution in [0.2, 0.25) is 0 Å². The van der Waals surface area contributed by atoms with Gasteiger partial charge < -0.3 is 15.5 Å². The van der Waals surface area contributed by atoms with Crippen molar-refractivity contribution in [2.75, 3.05) is 18.5 Å². The predicted octanol–water partition coefficient (Wildman–Crippen LogP) is 0.161. The summed E-state index contributed by atoms with van der Waals surface area (Å²) in [5.41, 5.74) is -0.863. The Bertz CT molecular complexity index is 292. The second-order valence-corrected chi connectivity index (χ2v) is 3.30. The van der Waals surface area contributed by atoms with E-state index in [0.29, 0.717) is 6.42 Å². The van der Waals surface area contributed by atoms with Gasteiger partial charge in [0.25, 0.3) is 0 Å². The van der Waals surface area contributed by atoms with Crippen LogP contribution in [0, 0.1) is 5.82 Å². The Morgan fingerprint density at radius 3 is 2.27 bits per heavy atom. The van der Waals surface area contributed by atoms with Crippen LogP contribution >= 0.6 is 0 Å². The van der Waals surface area contributed by atoms with Gasteiger partial charge in [0.15, 0.2) is 5.82 Å². The van der Waals surface area contributed by atoms with Gasteiger partial charge in [-0.3, -0.25) is 0 Å². The van der Waals surface area contributed by atoms with E-state index in [4.69, 9.17) is 10.2 Å².